The van der Waals surface area contributed by atoms with Crippen molar-refractivity contribution in [2.45, 2.75) is 18.9 Å². The molecule has 7 heteroatoms. The summed E-state index contributed by atoms with van der Waals surface area (Å²) in [6, 6.07) is 19.4. The van der Waals surface area contributed by atoms with E-state index in [2.05, 4.69) is 15.3 Å². The SMILES string of the molecule is CN=Cc1ccc(-c2csc(C3C(C)=NC(=O)NC3c3ccc4ccccc4n3)n2)cc1. The molecular formula is C25H21N5OS. The van der Waals surface area contributed by atoms with Crippen LogP contribution in [0.3, 0.4) is 0 Å². The van der Waals surface area contributed by atoms with Gasteiger partial charge in [-0.25, -0.2) is 14.8 Å². The van der Waals surface area contributed by atoms with E-state index in [-0.39, 0.29) is 18.0 Å². The average molecular weight is 440 g/mol. The van der Waals surface area contributed by atoms with Crippen LogP contribution >= 0.6 is 11.3 Å². The molecule has 2 unspecified atom stereocenters. The number of carbonyl (C=O) groups is 1. The van der Waals surface area contributed by atoms with Crippen molar-refractivity contribution in [1.82, 2.24) is 15.3 Å². The number of hydrogen-bond donors (Lipinski definition) is 1. The number of urea groups is 1. The van der Waals surface area contributed by atoms with Crippen LogP contribution in [0.2, 0.25) is 0 Å². The number of benzene rings is 2. The first kappa shape index (κ1) is 20.2. The molecule has 4 aromatic rings. The third kappa shape index (κ3) is 3.83. The van der Waals surface area contributed by atoms with Crippen molar-refractivity contribution in [1.29, 1.82) is 0 Å². The van der Waals surface area contributed by atoms with E-state index < -0.39 is 0 Å². The second-order valence-corrected chi connectivity index (χ2v) is 8.56. The molecule has 0 aliphatic carbocycles. The highest BCUT2D eigenvalue weighted by Gasteiger charge is 2.35. The normalized spacial score (nSPS) is 18.7. The number of hydrogen-bond acceptors (Lipinski definition) is 5. The van der Waals surface area contributed by atoms with Crippen LogP contribution in [0.1, 0.15) is 35.1 Å². The zero-order valence-corrected chi connectivity index (χ0v) is 18.5. The third-order valence-electron chi connectivity index (χ3n) is 5.55. The number of amides is 2. The molecule has 0 saturated heterocycles. The van der Waals surface area contributed by atoms with E-state index in [1.165, 1.54) is 0 Å². The number of aromatic nitrogens is 2. The number of aliphatic imine (C=N–C) groups is 2. The summed E-state index contributed by atoms with van der Waals surface area (Å²) in [6.07, 6.45) is 1.82. The fourth-order valence-corrected chi connectivity index (χ4v) is 5.02. The maximum absolute atomic E-state index is 12.3. The zero-order valence-electron chi connectivity index (χ0n) is 17.7. The number of nitrogens with one attached hydrogen (secondary N) is 1. The number of pyridine rings is 1. The fourth-order valence-electron chi connectivity index (χ4n) is 3.99. The molecule has 1 N–H and O–H groups in total. The molecule has 2 aromatic carbocycles. The average Bonchev–Trinajstić information content (AvgIpc) is 3.28. The minimum atomic E-state index is -0.344. The van der Waals surface area contributed by atoms with Gasteiger partial charge in [-0.2, -0.15) is 0 Å². The van der Waals surface area contributed by atoms with Crippen LogP contribution < -0.4 is 5.32 Å². The Morgan fingerprint density at radius 3 is 2.66 bits per heavy atom. The Labute approximate surface area is 189 Å². The van der Waals surface area contributed by atoms with Crippen molar-refractivity contribution in [3.63, 3.8) is 0 Å². The van der Waals surface area contributed by atoms with E-state index in [1.807, 2.05) is 79.2 Å². The first-order chi connectivity index (χ1) is 15.6. The van der Waals surface area contributed by atoms with Gasteiger partial charge in [0.15, 0.2) is 0 Å². The summed E-state index contributed by atoms with van der Waals surface area (Å²) >= 11 is 1.58. The summed E-state index contributed by atoms with van der Waals surface area (Å²) in [5.74, 6) is -0.174. The Bertz CT molecular complexity index is 1360. The van der Waals surface area contributed by atoms with Gasteiger partial charge in [-0.3, -0.25) is 9.98 Å². The molecule has 6 nitrogen and oxygen atoms in total. The van der Waals surface area contributed by atoms with Crippen molar-refractivity contribution in [2.24, 2.45) is 9.98 Å². The molecule has 3 heterocycles. The van der Waals surface area contributed by atoms with Gasteiger partial charge in [0.1, 0.15) is 5.01 Å². The van der Waals surface area contributed by atoms with Gasteiger partial charge in [-0.05, 0) is 24.6 Å². The van der Waals surface area contributed by atoms with Crippen LogP contribution in [-0.4, -0.2) is 35.0 Å². The lowest BCUT2D eigenvalue weighted by molar-refractivity contribution is 0.242. The van der Waals surface area contributed by atoms with Gasteiger partial charge in [-0.1, -0.05) is 48.5 Å². The van der Waals surface area contributed by atoms with Crippen molar-refractivity contribution in [3.05, 3.63) is 82.3 Å². The minimum absolute atomic E-state index is 0.174. The first-order valence-corrected chi connectivity index (χ1v) is 11.2. The van der Waals surface area contributed by atoms with E-state index in [0.29, 0.717) is 0 Å². The van der Waals surface area contributed by atoms with Crippen LogP contribution in [0.15, 0.2) is 76.0 Å². The summed E-state index contributed by atoms with van der Waals surface area (Å²) in [4.78, 5) is 30.2. The summed E-state index contributed by atoms with van der Waals surface area (Å²) in [6.45, 7) is 1.89. The topological polar surface area (TPSA) is 79.6 Å². The van der Waals surface area contributed by atoms with Gasteiger partial charge < -0.3 is 5.32 Å². The number of nitrogens with zero attached hydrogens (tertiary/aromatic N) is 4. The molecule has 0 spiro atoms. The molecule has 2 atom stereocenters. The van der Waals surface area contributed by atoms with Gasteiger partial charge >= 0.3 is 6.03 Å². The molecule has 1 aliphatic rings. The van der Waals surface area contributed by atoms with Crippen LogP contribution in [0.5, 0.6) is 0 Å². The zero-order chi connectivity index (χ0) is 22.1. The predicted octanol–water partition coefficient (Wildman–Crippen LogP) is 5.42. The lowest BCUT2D eigenvalue weighted by Gasteiger charge is -2.29. The number of carbonyl (C=O) groups excluding carboxylic acids is 1. The van der Waals surface area contributed by atoms with E-state index in [9.17, 15) is 4.79 Å². The summed E-state index contributed by atoms with van der Waals surface area (Å²) < 4.78 is 0. The minimum Gasteiger partial charge on any atom is -0.327 e. The molecule has 2 amide bonds. The van der Waals surface area contributed by atoms with Crippen LogP contribution in [-0.2, 0) is 0 Å². The highest BCUT2D eigenvalue weighted by Crippen LogP contribution is 2.37. The lowest BCUT2D eigenvalue weighted by atomic mass is 9.91. The second-order valence-electron chi connectivity index (χ2n) is 7.67. The van der Waals surface area contributed by atoms with Crippen molar-refractivity contribution < 1.29 is 4.79 Å². The molecule has 0 saturated carbocycles. The van der Waals surface area contributed by atoms with Crippen molar-refractivity contribution >= 4 is 40.2 Å². The molecule has 5 rings (SSSR count). The molecular weight excluding hydrogens is 418 g/mol. The molecule has 158 valence electrons. The monoisotopic (exact) mass is 439 g/mol. The maximum Gasteiger partial charge on any atom is 0.341 e. The quantitative estimate of drug-likeness (QED) is 0.432. The first-order valence-electron chi connectivity index (χ1n) is 10.3. The highest BCUT2D eigenvalue weighted by atomic mass is 32.1. The smallest absolute Gasteiger partial charge is 0.327 e. The van der Waals surface area contributed by atoms with Crippen LogP contribution in [0, 0.1) is 0 Å². The fraction of sp³-hybridized carbons (Fsp3) is 0.160. The Morgan fingerprint density at radius 1 is 1.03 bits per heavy atom. The number of para-hydroxylation sites is 1. The Morgan fingerprint density at radius 2 is 1.84 bits per heavy atom. The Hall–Kier alpha value is -3.71. The summed E-state index contributed by atoms with van der Waals surface area (Å²) in [5, 5.41) is 7.03. The van der Waals surface area contributed by atoms with Gasteiger partial charge in [0.25, 0.3) is 0 Å². The summed E-state index contributed by atoms with van der Waals surface area (Å²) in [5.41, 5.74) is 5.43. The third-order valence-corrected chi connectivity index (χ3v) is 6.48. The molecule has 32 heavy (non-hydrogen) atoms. The van der Waals surface area contributed by atoms with Crippen LogP contribution in [0.4, 0.5) is 4.79 Å². The number of rotatable bonds is 4. The standard InChI is InChI=1S/C25H21N5OS/c1-15-22(24-29-21(14-32-24)18-9-7-16(8-10-18)13-26-2)23(30-25(31)27-15)20-12-11-17-5-3-4-6-19(17)28-20/h3-14,22-23H,1-2H3,(H,30,31). The lowest BCUT2D eigenvalue weighted by Crippen LogP contribution is -2.39. The van der Waals surface area contributed by atoms with Gasteiger partial charge in [0, 0.05) is 35.3 Å². The summed E-state index contributed by atoms with van der Waals surface area (Å²) in [7, 11) is 1.76. The van der Waals surface area contributed by atoms with E-state index >= 15 is 0 Å². The maximum atomic E-state index is 12.3. The Balaban J connectivity index is 1.52. The van der Waals surface area contributed by atoms with Crippen LogP contribution in [0.25, 0.3) is 22.2 Å². The molecule has 0 fully saturated rings. The van der Waals surface area contributed by atoms with E-state index in [0.717, 1.165) is 44.1 Å². The van der Waals surface area contributed by atoms with E-state index in [4.69, 9.17) is 9.97 Å². The second kappa shape index (κ2) is 8.43. The van der Waals surface area contributed by atoms with Gasteiger partial charge in [0.05, 0.1) is 28.9 Å². The van der Waals surface area contributed by atoms with Gasteiger partial charge in [0.2, 0.25) is 0 Å². The van der Waals surface area contributed by atoms with Crippen molar-refractivity contribution in [2.75, 3.05) is 7.05 Å². The highest BCUT2D eigenvalue weighted by molar-refractivity contribution is 7.10. The molecule has 0 radical (unpaired) electrons. The van der Waals surface area contributed by atoms with E-state index in [1.54, 1.807) is 18.4 Å². The Kier molecular flexibility index (Phi) is 5.33. The van der Waals surface area contributed by atoms with Gasteiger partial charge in [-0.15, -0.1) is 11.3 Å². The number of thiazole rings is 1. The molecule has 2 aromatic heterocycles. The number of fused-ring (bicyclic) bond motifs is 1. The predicted molar refractivity (Wildman–Crippen MR) is 130 cm³/mol. The molecule has 0 bridgehead atoms. The largest absolute Gasteiger partial charge is 0.341 e. The molecule has 1 aliphatic heterocycles. The van der Waals surface area contributed by atoms with Crippen molar-refractivity contribution in [3.8, 4) is 11.3 Å².